The molecule has 1 amide bonds. The molecule has 1 aromatic heterocycles. The van der Waals surface area contributed by atoms with Crippen molar-refractivity contribution in [3.63, 3.8) is 0 Å². The van der Waals surface area contributed by atoms with Crippen LogP contribution in [0.4, 0.5) is 0 Å². The summed E-state index contributed by atoms with van der Waals surface area (Å²) in [5.41, 5.74) is 3.95. The number of carbonyl (C=O) groups is 1. The zero-order chi connectivity index (χ0) is 14.5. The van der Waals surface area contributed by atoms with Crippen LogP contribution in [0, 0.1) is 6.92 Å². The van der Waals surface area contributed by atoms with Crippen LogP contribution in [-0.2, 0) is 11.3 Å². The molecule has 0 aliphatic heterocycles. The maximum absolute atomic E-state index is 10.9. The lowest BCUT2D eigenvalue weighted by Crippen LogP contribution is -2.18. The minimum atomic E-state index is -0.0468. The lowest BCUT2D eigenvalue weighted by atomic mass is 10.1. The third kappa shape index (κ3) is 3.35. The van der Waals surface area contributed by atoms with Crippen LogP contribution in [0.25, 0.3) is 11.3 Å². The highest BCUT2D eigenvalue weighted by Gasteiger charge is 2.07. The molecule has 0 unspecified atom stereocenters. The molecule has 0 atom stereocenters. The number of nitrogens with zero attached hydrogens (tertiary/aromatic N) is 1. The predicted molar refractivity (Wildman–Crippen MR) is 78.5 cm³/mol. The van der Waals surface area contributed by atoms with Crippen molar-refractivity contribution >= 4 is 5.91 Å². The third-order valence-electron chi connectivity index (χ3n) is 3.00. The highest BCUT2D eigenvalue weighted by molar-refractivity contribution is 5.72. The van der Waals surface area contributed by atoms with Crippen molar-refractivity contribution < 1.29 is 9.53 Å². The Labute approximate surface area is 118 Å². The van der Waals surface area contributed by atoms with Crippen molar-refractivity contribution in [1.29, 1.82) is 0 Å². The molecule has 0 radical (unpaired) electrons. The van der Waals surface area contributed by atoms with Crippen molar-refractivity contribution in [1.82, 2.24) is 10.3 Å². The Bertz CT molecular complexity index is 606. The van der Waals surface area contributed by atoms with Crippen LogP contribution < -0.4 is 10.1 Å². The van der Waals surface area contributed by atoms with Crippen molar-refractivity contribution in [3.8, 4) is 17.0 Å². The first-order valence-electron chi connectivity index (χ1n) is 6.44. The fourth-order valence-corrected chi connectivity index (χ4v) is 1.94. The molecule has 20 heavy (non-hydrogen) atoms. The number of amides is 1. The fourth-order valence-electron chi connectivity index (χ4n) is 1.94. The van der Waals surface area contributed by atoms with E-state index >= 15 is 0 Å². The SMILES string of the molecule is COc1ccc(C)cc1-c1ccc(CNC(C)=O)cn1. The minimum absolute atomic E-state index is 0.0468. The molecule has 0 saturated carbocycles. The van der Waals surface area contributed by atoms with Crippen LogP contribution in [0.5, 0.6) is 5.75 Å². The van der Waals surface area contributed by atoms with Crippen LogP contribution in [0.1, 0.15) is 18.1 Å². The Morgan fingerprint density at radius 3 is 2.70 bits per heavy atom. The number of rotatable bonds is 4. The Morgan fingerprint density at radius 1 is 1.30 bits per heavy atom. The Hall–Kier alpha value is -2.36. The van der Waals surface area contributed by atoms with E-state index < -0.39 is 0 Å². The molecular weight excluding hydrogens is 252 g/mol. The molecule has 1 N–H and O–H groups in total. The van der Waals surface area contributed by atoms with E-state index in [1.54, 1.807) is 13.3 Å². The number of aromatic nitrogens is 1. The Morgan fingerprint density at radius 2 is 2.10 bits per heavy atom. The summed E-state index contributed by atoms with van der Waals surface area (Å²) in [6.45, 7) is 4.03. The van der Waals surface area contributed by atoms with Gasteiger partial charge < -0.3 is 10.1 Å². The highest BCUT2D eigenvalue weighted by atomic mass is 16.5. The smallest absolute Gasteiger partial charge is 0.217 e. The Balaban J connectivity index is 2.25. The molecule has 2 aromatic rings. The van der Waals surface area contributed by atoms with Crippen molar-refractivity contribution in [2.75, 3.05) is 7.11 Å². The minimum Gasteiger partial charge on any atom is -0.496 e. The number of nitrogens with one attached hydrogen (secondary N) is 1. The lowest BCUT2D eigenvalue weighted by molar-refractivity contribution is -0.119. The van der Waals surface area contributed by atoms with Gasteiger partial charge in [-0.3, -0.25) is 9.78 Å². The van der Waals surface area contributed by atoms with Crippen LogP contribution >= 0.6 is 0 Å². The average molecular weight is 270 g/mol. The number of pyridine rings is 1. The standard InChI is InChI=1S/C16H18N2O2/c1-11-4-7-16(20-3)14(8-11)15-6-5-13(10-18-15)9-17-12(2)19/h4-8,10H,9H2,1-3H3,(H,17,19). The monoisotopic (exact) mass is 270 g/mol. The zero-order valence-electron chi connectivity index (χ0n) is 11.9. The van der Waals surface area contributed by atoms with E-state index in [1.165, 1.54) is 6.92 Å². The first kappa shape index (κ1) is 14.1. The van der Waals surface area contributed by atoms with Gasteiger partial charge in [0.2, 0.25) is 5.91 Å². The predicted octanol–water partition coefficient (Wildman–Crippen LogP) is 2.70. The van der Waals surface area contributed by atoms with Gasteiger partial charge in [-0.05, 0) is 30.7 Å². The van der Waals surface area contributed by atoms with E-state index in [0.717, 1.165) is 28.1 Å². The van der Waals surface area contributed by atoms with Crippen molar-refractivity contribution in [3.05, 3.63) is 47.7 Å². The quantitative estimate of drug-likeness (QED) is 0.929. The number of benzene rings is 1. The van der Waals surface area contributed by atoms with E-state index in [9.17, 15) is 4.79 Å². The average Bonchev–Trinajstić information content (AvgIpc) is 2.45. The van der Waals surface area contributed by atoms with E-state index in [-0.39, 0.29) is 5.91 Å². The summed E-state index contributed by atoms with van der Waals surface area (Å²) in [6.07, 6.45) is 1.77. The molecule has 2 rings (SSSR count). The van der Waals surface area contributed by atoms with Crippen LogP contribution in [0.2, 0.25) is 0 Å². The number of ether oxygens (including phenoxy) is 1. The molecule has 4 heteroatoms. The summed E-state index contributed by atoms with van der Waals surface area (Å²) in [5.74, 6) is 0.757. The summed E-state index contributed by atoms with van der Waals surface area (Å²) in [6, 6.07) is 9.90. The fraction of sp³-hybridized carbons (Fsp3) is 0.250. The largest absolute Gasteiger partial charge is 0.496 e. The third-order valence-corrected chi connectivity index (χ3v) is 3.00. The van der Waals surface area contributed by atoms with E-state index in [1.807, 2.05) is 31.2 Å². The van der Waals surface area contributed by atoms with Gasteiger partial charge in [-0.2, -0.15) is 0 Å². The zero-order valence-corrected chi connectivity index (χ0v) is 11.9. The first-order chi connectivity index (χ1) is 9.60. The number of aryl methyl sites for hydroxylation is 1. The molecule has 0 aliphatic rings. The second-order valence-electron chi connectivity index (χ2n) is 4.67. The number of methoxy groups -OCH3 is 1. The molecule has 1 heterocycles. The normalized spacial score (nSPS) is 10.2. The van der Waals surface area contributed by atoms with Crippen molar-refractivity contribution in [2.24, 2.45) is 0 Å². The van der Waals surface area contributed by atoms with Crippen molar-refractivity contribution in [2.45, 2.75) is 20.4 Å². The molecule has 104 valence electrons. The Kier molecular flexibility index (Phi) is 4.35. The van der Waals surface area contributed by atoms with Crippen LogP contribution in [0.3, 0.4) is 0 Å². The maximum Gasteiger partial charge on any atom is 0.217 e. The molecule has 0 bridgehead atoms. The second-order valence-corrected chi connectivity index (χ2v) is 4.67. The molecular formula is C16H18N2O2. The van der Waals surface area contributed by atoms with Gasteiger partial charge in [-0.25, -0.2) is 0 Å². The van der Waals surface area contributed by atoms with E-state index in [0.29, 0.717) is 6.54 Å². The molecule has 4 nitrogen and oxygen atoms in total. The lowest BCUT2D eigenvalue weighted by Gasteiger charge is -2.09. The van der Waals surface area contributed by atoms with Gasteiger partial charge in [0.05, 0.1) is 12.8 Å². The van der Waals surface area contributed by atoms with Gasteiger partial charge in [0.25, 0.3) is 0 Å². The van der Waals surface area contributed by atoms with Gasteiger partial charge in [0.15, 0.2) is 0 Å². The molecule has 1 aromatic carbocycles. The van der Waals surface area contributed by atoms with E-state index in [2.05, 4.69) is 16.4 Å². The second kappa shape index (κ2) is 6.19. The number of hydrogen-bond donors (Lipinski definition) is 1. The van der Waals surface area contributed by atoms with Gasteiger partial charge in [0.1, 0.15) is 5.75 Å². The number of carbonyl (C=O) groups excluding carboxylic acids is 1. The van der Waals surface area contributed by atoms with Gasteiger partial charge in [-0.1, -0.05) is 17.7 Å². The van der Waals surface area contributed by atoms with E-state index in [4.69, 9.17) is 4.74 Å². The molecule has 0 fully saturated rings. The van der Waals surface area contributed by atoms with Crippen LogP contribution in [-0.4, -0.2) is 18.0 Å². The summed E-state index contributed by atoms with van der Waals surface area (Å²) in [7, 11) is 1.65. The number of hydrogen-bond acceptors (Lipinski definition) is 3. The summed E-state index contributed by atoms with van der Waals surface area (Å²) in [5, 5.41) is 2.75. The van der Waals surface area contributed by atoms with Crippen LogP contribution in [0.15, 0.2) is 36.5 Å². The first-order valence-corrected chi connectivity index (χ1v) is 6.44. The summed E-state index contributed by atoms with van der Waals surface area (Å²) in [4.78, 5) is 15.3. The maximum atomic E-state index is 10.9. The summed E-state index contributed by atoms with van der Waals surface area (Å²) >= 11 is 0. The summed E-state index contributed by atoms with van der Waals surface area (Å²) < 4.78 is 5.37. The molecule has 0 aliphatic carbocycles. The molecule has 0 spiro atoms. The molecule has 0 saturated heterocycles. The topological polar surface area (TPSA) is 51.2 Å². The van der Waals surface area contributed by atoms with Gasteiger partial charge in [0, 0.05) is 25.2 Å². The highest BCUT2D eigenvalue weighted by Crippen LogP contribution is 2.29. The van der Waals surface area contributed by atoms with Gasteiger partial charge in [-0.15, -0.1) is 0 Å². The van der Waals surface area contributed by atoms with Gasteiger partial charge >= 0.3 is 0 Å².